The maximum Gasteiger partial charge on any atom is 0.0353 e. The lowest BCUT2D eigenvalue weighted by molar-refractivity contribution is 0.686. The Morgan fingerprint density at radius 3 is 2.76 bits per heavy atom. The minimum absolute atomic E-state index is 0.716. The number of rotatable bonds is 4. The van der Waals surface area contributed by atoms with Gasteiger partial charge in [0.15, 0.2) is 0 Å². The van der Waals surface area contributed by atoms with E-state index in [0.717, 1.165) is 23.1 Å². The van der Waals surface area contributed by atoms with E-state index in [2.05, 4.69) is 39.6 Å². The highest BCUT2D eigenvalue weighted by atomic mass is 14.9. The minimum atomic E-state index is 0.716. The summed E-state index contributed by atoms with van der Waals surface area (Å²) >= 11 is 0. The molecule has 1 aliphatic rings. The zero-order valence-electron chi connectivity index (χ0n) is 11.8. The van der Waals surface area contributed by atoms with Crippen molar-refractivity contribution in [2.24, 2.45) is 0 Å². The van der Waals surface area contributed by atoms with Gasteiger partial charge in [-0.2, -0.15) is 0 Å². The van der Waals surface area contributed by atoms with Gasteiger partial charge in [0.2, 0.25) is 0 Å². The number of hydrogen-bond acceptors (Lipinski definition) is 3. The van der Waals surface area contributed by atoms with Crippen LogP contribution in [-0.4, -0.2) is 16.0 Å². The molecule has 1 saturated carbocycles. The summed E-state index contributed by atoms with van der Waals surface area (Å²) in [5, 5.41) is 5.92. The molecule has 3 heteroatoms. The Labute approximate surface area is 124 Å². The van der Waals surface area contributed by atoms with Gasteiger partial charge in [-0.3, -0.25) is 9.97 Å². The molecule has 104 valence electrons. The largest absolute Gasteiger partial charge is 0.310 e. The van der Waals surface area contributed by atoms with E-state index in [-0.39, 0.29) is 0 Å². The van der Waals surface area contributed by atoms with Crippen molar-refractivity contribution in [1.29, 1.82) is 0 Å². The predicted molar refractivity (Wildman–Crippen MR) is 84.8 cm³/mol. The molecule has 3 aromatic rings. The van der Waals surface area contributed by atoms with Crippen LogP contribution < -0.4 is 5.32 Å². The first-order valence-corrected chi connectivity index (χ1v) is 7.40. The van der Waals surface area contributed by atoms with Gasteiger partial charge in [0.05, 0.1) is 0 Å². The summed E-state index contributed by atoms with van der Waals surface area (Å²) in [5.74, 6) is 0. The van der Waals surface area contributed by atoms with Gasteiger partial charge >= 0.3 is 0 Å². The molecular formula is C18H17N3. The van der Waals surface area contributed by atoms with Gasteiger partial charge in [0.1, 0.15) is 0 Å². The summed E-state index contributed by atoms with van der Waals surface area (Å²) in [5.41, 5.74) is 3.51. The summed E-state index contributed by atoms with van der Waals surface area (Å²) in [6.45, 7) is 0.893. The molecule has 1 fully saturated rings. The number of benzene rings is 1. The van der Waals surface area contributed by atoms with E-state index in [0.29, 0.717) is 6.04 Å². The Bertz CT molecular complexity index is 773. The summed E-state index contributed by atoms with van der Waals surface area (Å²) in [6, 6.07) is 11.3. The third-order valence-electron chi connectivity index (χ3n) is 3.95. The molecule has 0 radical (unpaired) electrons. The Kier molecular flexibility index (Phi) is 3.13. The van der Waals surface area contributed by atoms with E-state index in [4.69, 9.17) is 0 Å². The number of hydrogen-bond donors (Lipinski definition) is 1. The lowest BCUT2D eigenvalue weighted by atomic mass is 10.0. The number of pyridine rings is 2. The molecule has 3 nitrogen and oxygen atoms in total. The monoisotopic (exact) mass is 275 g/mol. The molecule has 0 aliphatic heterocycles. The first kappa shape index (κ1) is 12.5. The average Bonchev–Trinajstić information content (AvgIpc) is 3.37. The van der Waals surface area contributed by atoms with Crippen LogP contribution in [0.1, 0.15) is 18.4 Å². The van der Waals surface area contributed by atoms with E-state index >= 15 is 0 Å². The van der Waals surface area contributed by atoms with Crippen LogP contribution in [0.15, 0.2) is 55.1 Å². The van der Waals surface area contributed by atoms with E-state index in [1.54, 1.807) is 0 Å². The fourth-order valence-corrected chi connectivity index (χ4v) is 2.63. The first-order valence-electron chi connectivity index (χ1n) is 7.40. The van der Waals surface area contributed by atoms with Crippen LogP contribution in [0.25, 0.3) is 21.9 Å². The zero-order valence-corrected chi connectivity index (χ0v) is 11.8. The van der Waals surface area contributed by atoms with Crippen LogP contribution >= 0.6 is 0 Å². The van der Waals surface area contributed by atoms with Crippen LogP contribution in [0.5, 0.6) is 0 Å². The zero-order chi connectivity index (χ0) is 14.1. The molecular weight excluding hydrogens is 258 g/mol. The molecule has 0 unspecified atom stereocenters. The maximum absolute atomic E-state index is 4.40. The highest BCUT2D eigenvalue weighted by Gasteiger charge is 2.20. The molecule has 0 bridgehead atoms. The van der Waals surface area contributed by atoms with Crippen molar-refractivity contribution in [1.82, 2.24) is 15.3 Å². The van der Waals surface area contributed by atoms with Gasteiger partial charge in [-0.05, 0) is 29.9 Å². The summed E-state index contributed by atoms with van der Waals surface area (Å²) in [4.78, 5) is 8.76. The Morgan fingerprint density at radius 1 is 1.00 bits per heavy atom. The van der Waals surface area contributed by atoms with Gasteiger partial charge in [-0.1, -0.05) is 24.3 Å². The molecule has 1 N–H and O–H groups in total. The van der Waals surface area contributed by atoms with Crippen molar-refractivity contribution in [3.63, 3.8) is 0 Å². The van der Waals surface area contributed by atoms with E-state index in [1.807, 2.05) is 30.9 Å². The molecule has 4 rings (SSSR count). The van der Waals surface area contributed by atoms with Crippen LogP contribution in [0.4, 0.5) is 0 Å². The highest BCUT2D eigenvalue weighted by Crippen LogP contribution is 2.27. The summed E-state index contributed by atoms with van der Waals surface area (Å²) in [6.07, 6.45) is 10.3. The minimum Gasteiger partial charge on any atom is -0.310 e. The maximum atomic E-state index is 4.40. The Balaban J connectivity index is 1.72. The smallest absolute Gasteiger partial charge is 0.0353 e. The third kappa shape index (κ3) is 2.65. The van der Waals surface area contributed by atoms with Crippen molar-refractivity contribution < 1.29 is 0 Å². The van der Waals surface area contributed by atoms with Gasteiger partial charge in [-0.25, -0.2) is 0 Å². The lowest BCUT2D eigenvalue weighted by Gasteiger charge is -2.08. The molecule has 1 aliphatic carbocycles. The standard InChI is InChI=1S/C18H17N3/c1-2-4-17-14(3-1)10-20-12-18(17)15-7-13(8-19-11-15)9-21-16-5-6-16/h1-4,7-8,10-12,16,21H,5-6,9H2. The number of aromatic nitrogens is 2. The normalized spacial score (nSPS) is 14.5. The van der Waals surface area contributed by atoms with E-state index in [1.165, 1.54) is 23.8 Å². The molecule has 0 atom stereocenters. The quantitative estimate of drug-likeness (QED) is 0.791. The topological polar surface area (TPSA) is 37.8 Å². The molecule has 2 aromatic heterocycles. The molecule has 0 saturated heterocycles. The van der Waals surface area contributed by atoms with Crippen molar-refractivity contribution in [2.75, 3.05) is 0 Å². The van der Waals surface area contributed by atoms with Crippen molar-refractivity contribution in [3.8, 4) is 11.1 Å². The second-order valence-electron chi connectivity index (χ2n) is 5.65. The van der Waals surface area contributed by atoms with Crippen LogP contribution in [0, 0.1) is 0 Å². The number of nitrogens with one attached hydrogen (secondary N) is 1. The van der Waals surface area contributed by atoms with Gasteiger partial charge in [-0.15, -0.1) is 0 Å². The average molecular weight is 275 g/mol. The van der Waals surface area contributed by atoms with Gasteiger partial charge < -0.3 is 5.32 Å². The van der Waals surface area contributed by atoms with Crippen LogP contribution in [0.3, 0.4) is 0 Å². The molecule has 0 amide bonds. The van der Waals surface area contributed by atoms with Crippen molar-refractivity contribution >= 4 is 10.8 Å². The Hall–Kier alpha value is -2.26. The third-order valence-corrected chi connectivity index (χ3v) is 3.95. The van der Waals surface area contributed by atoms with Crippen LogP contribution in [0.2, 0.25) is 0 Å². The van der Waals surface area contributed by atoms with E-state index < -0.39 is 0 Å². The number of nitrogens with zero attached hydrogens (tertiary/aromatic N) is 2. The highest BCUT2D eigenvalue weighted by molar-refractivity contribution is 5.95. The SMILES string of the molecule is c1ccc2c(-c3cncc(CNC4CC4)c3)cncc2c1. The molecule has 21 heavy (non-hydrogen) atoms. The molecule has 1 aromatic carbocycles. The summed E-state index contributed by atoms with van der Waals surface area (Å²) in [7, 11) is 0. The van der Waals surface area contributed by atoms with Crippen molar-refractivity contribution in [3.05, 3.63) is 60.7 Å². The Morgan fingerprint density at radius 2 is 1.86 bits per heavy atom. The molecule has 2 heterocycles. The van der Waals surface area contributed by atoms with Crippen molar-refractivity contribution in [2.45, 2.75) is 25.4 Å². The van der Waals surface area contributed by atoms with Gasteiger partial charge in [0, 0.05) is 53.9 Å². The molecule has 0 spiro atoms. The fourth-order valence-electron chi connectivity index (χ4n) is 2.63. The number of fused-ring (bicyclic) bond motifs is 1. The van der Waals surface area contributed by atoms with Crippen LogP contribution in [-0.2, 0) is 6.54 Å². The van der Waals surface area contributed by atoms with Gasteiger partial charge in [0.25, 0.3) is 0 Å². The second kappa shape index (κ2) is 5.26. The predicted octanol–water partition coefficient (Wildman–Crippen LogP) is 3.55. The lowest BCUT2D eigenvalue weighted by Crippen LogP contribution is -2.15. The fraction of sp³-hybridized carbons (Fsp3) is 0.222. The second-order valence-corrected chi connectivity index (χ2v) is 5.65. The van der Waals surface area contributed by atoms with E-state index in [9.17, 15) is 0 Å². The first-order chi connectivity index (χ1) is 10.4. The summed E-state index contributed by atoms with van der Waals surface area (Å²) < 4.78 is 0.